The topological polar surface area (TPSA) is 26.0 Å². The maximum Gasteiger partial charge on any atom is 0.0511 e. The largest absolute Gasteiger partial charge is 0.321 e. The molecule has 1 heteroatoms. The van der Waals surface area contributed by atoms with E-state index in [1.54, 1.807) is 0 Å². The molecule has 0 radical (unpaired) electrons. The molecule has 0 aromatic heterocycles. The second kappa shape index (κ2) is 4.63. The number of allylic oxidation sites excluding steroid dienone is 1. The summed E-state index contributed by atoms with van der Waals surface area (Å²) in [5.74, 6) is 0. The molecule has 1 aliphatic carbocycles. The highest BCUT2D eigenvalue weighted by Crippen LogP contribution is 2.28. The van der Waals surface area contributed by atoms with Crippen molar-refractivity contribution in [1.82, 2.24) is 0 Å². The molecule has 80 valence electrons. The predicted molar refractivity (Wildman–Crippen MR) is 64.7 cm³/mol. The van der Waals surface area contributed by atoms with Crippen molar-refractivity contribution >= 4 is 0 Å². The molecule has 0 aliphatic heterocycles. The van der Waals surface area contributed by atoms with Crippen molar-refractivity contribution in [1.29, 1.82) is 0 Å². The first-order valence-corrected chi connectivity index (χ1v) is 5.78. The van der Waals surface area contributed by atoms with Gasteiger partial charge in [0.2, 0.25) is 0 Å². The molecular formula is C14H19N. The fourth-order valence-corrected chi connectivity index (χ4v) is 2.22. The molecule has 1 unspecified atom stereocenters. The van der Waals surface area contributed by atoms with Crippen LogP contribution in [0.25, 0.3) is 0 Å². The summed E-state index contributed by atoms with van der Waals surface area (Å²) in [5, 5.41) is 0. The summed E-state index contributed by atoms with van der Waals surface area (Å²) in [7, 11) is 0. The molecule has 2 rings (SSSR count). The Hall–Kier alpha value is -1.08. The molecule has 1 aliphatic rings. The van der Waals surface area contributed by atoms with Crippen LogP contribution in [0.15, 0.2) is 35.9 Å². The van der Waals surface area contributed by atoms with E-state index in [2.05, 4.69) is 37.3 Å². The van der Waals surface area contributed by atoms with E-state index in [1.165, 1.54) is 42.4 Å². The summed E-state index contributed by atoms with van der Waals surface area (Å²) < 4.78 is 0. The van der Waals surface area contributed by atoms with E-state index in [1.807, 2.05) is 0 Å². The summed E-state index contributed by atoms with van der Waals surface area (Å²) in [6, 6.07) is 8.65. The van der Waals surface area contributed by atoms with E-state index in [9.17, 15) is 0 Å². The van der Waals surface area contributed by atoms with Gasteiger partial charge in [-0.05, 0) is 38.2 Å². The third-order valence-corrected chi connectivity index (χ3v) is 3.13. The Kier molecular flexibility index (Phi) is 3.22. The number of benzene rings is 1. The maximum atomic E-state index is 6.27. The lowest BCUT2D eigenvalue weighted by molar-refractivity contribution is 0.648. The Morgan fingerprint density at radius 1 is 1.27 bits per heavy atom. The molecule has 0 saturated carbocycles. The summed E-state index contributed by atoms with van der Waals surface area (Å²) in [4.78, 5) is 0. The van der Waals surface area contributed by atoms with Gasteiger partial charge in [-0.25, -0.2) is 0 Å². The lowest BCUT2D eigenvalue weighted by Gasteiger charge is -2.20. The first-order chi connectivity index (χ1) is 7.27. The summed E-state index contributed by atoms with van der Waals surface area (Å²) in [5.41, 5.74) is 10.2. The second-order valence-corrected chi connectivity index (χ2v) is 4.42. The molecule has 0 bridgehead atoms. The zero-order valence-corrected chi connectivity index (χ0v) is 9.37. The van der Waals surface area contributed by atoms with Crippen LogP contribution in [0.5, 0.6) is 0 Å². The van der Waals surface area contributed by atoms with Gasteiger partial charge in [-0.1, -0.05) is 41.5 Å². The van der Waals surface area contributed by atoms with E-state index in [0.717, 1.165) is 0 Å². The van der Waals surface area contributed by atoms with E-state index < -0.39 is 0 Å². The Balaban J connectivity index is 2.19. The van der Waals surface area contributed by atoms with Crippen LogP contribution >= 0.6 is 0 Å². The van der Waals surface area contributed by atoms with Gasteiger partial charge in [0.05, 0.1) is 6.04 Å². The van der Waals surface area contributed by atoms with Gasteiger partial charge in [0.15, 0.2) is 0 Å². The fourth-order valence-electron chi connectivity index (χ4n) is 2.22. The van der Waals surface area contributed by atoms with Gasteiger partial charge in [-0.3, -0.25) is 0 Å². The molecule has 2 N–H and O–H groups in total. The average molecular weight is 201 g/mol. The van der Waals surface area contributed by atoms with Crippen molar-refractivity contribution in [2.45, 2.75) is 38.6 Å². The van der Waals surface area contributed by atoms with E-state index in [0.29, 0.717) is 0 Å². The van der Waals surface area contributed by atoms with Crippen molar-refractivity contribution in [2.75, 3.05) is 0 Å². The zero-order chi connectivity index (χ0) is 10.7. The summed E-state index contributed by atoms with van der Waals surface area (Å²) in [6.45, 7) is 2.12. The number of hydrogen-bond donors (Lipinski definition) is 1. The van der Waals surface area contributed by atoms with Gasteiger partial charge >= 0.3 is 0 Å². The number of aryl methyl sites for hydroxylation is 1. The second-order valence-electron chi connectivity index (χ2n) is 4.42. The lowest BCUT2D eigenvalue weighted by atomic mass is 9.90. The van der Waals surface area contributed by atoms with Crippen LogP contribution in [-0.4, -0.2) is 0 Å². The van der Waals surface area contributed by atoms with Gasteiger partial charge < -0.3 is 5.73 Å². The molecule has 0 fully saturated rings. The number of hydrogen-bond acceptors (Lipinski definition) is 1. The van der Waals surface area contributed by atoms with Crippen molar-refractivity contribution in [2.24, 2.45) is 5.73 Å². The number of nitrogens with two attached hydrogens (primary N) is 1. The Morgan fingerprint density at radius 3 is 2.80 bits per heavy atom. The van der Waals surface area contributed by atoms with Gasteiger partial charge in [-0.2, -0.15) is 0 Å². The lowest BCUT2D eigenvalue weighted by Crippen LogP contribution is -2.14. The van der Waals surface area contributed by atoms with E-state index in [-0.39, 0.29) is 6.04 Å². The third-order valence-electron chi connectivity index (χ3n) is 3.13. The smallest absolute Gasteiger partial charge is 0.0511 e. The summed E-state index contributed by atoms with van der Waals surface area (Å²) >= 11 is 0. The van der Waals surface area contributed by atoms with Crippen LogP contribution in [0.4, 0.5) is 0 Å². The highest BCUT2D eigenvalue weighted by Gasteiger charge is 2.13. The van der Waals surface area contributed by atoms with Crippen molar-refractivity contribution < 1.29 is 0 Å². The minimum atomic E-state index is 0.116. The van der Waals surface area contributed by atoms with Crippen molar-refractivity contribution in [3.8, 4) is 0 Å². The van der Waals surface area contributed by atoms with E-state index >= 15 is 0 Å². The van der Waals surface area contributed by atoms with Crippen LogP contribution in [-0.2, 0) is 0 Å². The Labute approximate surface area is 92.0 Å². The summed E-state index contributed by atoms with van der Waals surface area (Å²) in [6.07, 6.45) is 7.33. The first-order valence-electron chi connectivity index (χ1n) is 5.78. The van der Waals surface area contributed by atoms with Crippen molar-refractivity contribution in [3.05, 3.63) is 47.0 Å². The fraction of sp³-hybridized carbons (Fsp3) is 0.429. The first kappa shape index (κ1) is 10.4. The highest BCUT2D eigenvalue weighted by molar-refractivity contribution is 5.31. The van der Waals surface area contributed by atoms with Crippen LogP contribution in [0.3, 0.4) is 0 Å². The predicted octanol–water partition coefficient (Wildman–Crippen LogP) is 3.50. The SMILES string of the molecule is Cc1cccc(C(N)C2=CCCCC2)c1. The molecule has 0 saturated heterocycles. The highest BCUT2D eigenvalue weighted by atomic mass is 14.6. The minimum Gasteiger partial charge on any atom is -0.321 e. The van der Waals surface area contributed by atoms with Crippen LogP contribution in [0.1, 0.15) is 42.9 Å². The molecule has 1 aromatic carbocycles. The molecule has 1 atom stereocenters. The number of rotatable bonds is 2. The van der Waals surface area contributed by atoms with Gasteiger partial charge in [0.1, 0.15) is 0 Å². The van der Waals surface area contributed by atoms with Crippen molar-refractivity contribution in [3.63, 3.8) is 0 Å². The normalized spacial score (nSPS) is 18.4. The zero-order valence-electron chi connectivity index (χ0n) is 9.37. The molecule has 15 heavy (non-hydrogen) atoms. The Bertz CT molecular complexity index is 365. The molecule has 1 nitrogen and oxygen atoms in total. The molecule has 0 amide bonds. The van der Waals surface area contributed by atoms with Gasteiger partial charge in [0.25, 0.3) is 0 Å². The standard InChI is InChI=1S/C14H19N/c1-11-6-5-9-13(10-11)14(15)12-7-3-2-4-8-12/h5-7,9-10,14H,2-4,8,15H2,1H3. The van der Waals surface area contributed by atoms with Crippen LogP contribution in [0.2, 0.25) is 0 Å². The molecule has 0 heterocycles. The molecule has 1 aromatic rings. The molecule has 0 spiro atoms. The van der Waals surface area contributed by atoms with Gasteiger partial charge in [0, 0.05) is 0 Å². The van der Waals surface area contributed by atoms with Crippen LogP contribution < -0.4 is 5.73 Å². The van der Waals surface area contributed by atoms with Gasteiger partial charge in [-0.15, -0.1) is 0 Å². The maximum absolute atomic E-state index is 6.27. The Morgan fingerprint density at radius 2 is 2.13 bits per heavy atom. The minimum absolute atomic E-state index is 0.116. The average Bonchev–Trinajstić information content (AvgIpc) is 2.29. The molecular weight excluding hydrogens is 182 g/mol. The third kappa shape index (κ3) is 2.48. The van der Waals surface area contributed by atoms with Crippen LogP contribution in [0, 0.1) is 6.92 Å². The van der Waals surface area contributed by atoms with E-state index in [4.69, 9.17) is 5.73 Å². The monoisotopic (exact) mass is 201 g/mol. The quantitative estimate of drug-likeness (QED) is 0.728.